The molecule has 180 valence electrons. The third-order valence-corrected chi connectivity index (χ3v) is 9.17. The number of fused-ring (bicyclic) bond motifs is 4. The van der Waals surface area contributed by atoms with Crippen molar-refractivity contribution < 1.29 is 10.2 Å². The third-order valence-electron chi connectivity index (χ3n) is 8.53. The van der Waals surface area contributed by atoms with Crippen molar-refractivity contribution in [1.82, 2.24) is 19.5 Å². The molecule has 0 aliphatic heterocycles. The van der Waals surface area contributed by atoms with Crippen molar-refractivity contribution in [3.63, 3.8) is 0 Å². The van der Waals surface area contributed by atoms with Crippen LogP contribution in [0.25, 0.3) is 21.9 Å². The first kappa shape index (κ1) is 21.5. The Morgan fingerprint density at radius 3 is 2.69 bits per heavy atom. The van der Waals surface area contributed by atoms with E-state index in [1.165, 1.54) is 23.1 Å². The minimum Gasteiger partial charge on any atom is -0.390 e. The van der Waals surface area contributed by atoms with Crippen LogP contribution in [-0.4, -0.2) is 41.9 Å². The quantitative estimate of drug-likeness (QED) is 0.315. The largest absolute Gasteiger partial charge is 0.390 e. The molecule has 3 aromatic heterocycles. The second-order valence-electron chi connectivity index (χ2n) is 10.4. The first-order valence-electron chi connectivity index (χ1n) is 12.3. The minimum atomic E-state index is -0.840. The lowest BCUT2D eigenvalue weighted by Gasteiger charge is -2.21. The van der Waals surface area contributed by atoms with E-state index in [4.69, 9.17) is 11.5 Å². The van der Waals surface area contributed by atoms with Crippen LogP contribution in [0.15, 0.2) is 35.1 Å². The van der Waals surface area contributed by atoms with Gasteiger partial charge >= 0.3 is 0 Å². The predicted octanol–water partition coefficient (Wildman–Crippen LogP) is 3.48. The van der Waals surface area contributed by atoms with Gasteiger partial charge in [0.25, 0.3) is 0 Å². The molecule has 0 bridgehead atoms. The van der Waals surface area contributed by atoms with Gasteiger partial charge in [0.05, 0.1) is 27.5 Å². The number of aliphatic hydroxyl groups excluding tert-OH is 2. The molecule has 8 nitrogen and oxygen atoms in total. The molecule has 0 radical (unpaired) electrons. The maximum absolute atomic E-state index is 11.2. The topological polar surface area (TPSA) is 136 Å². The fourth-order valence-electron chi connectivity index (χ4n) is 6.81. The average Bonchev–Trinajstić information content (AvgIpc) is 3.23. The van der Waals surface area contributed by atoms with Crippen LogP contribution >= 0.6 is 15.9 Å². The van der Waals surface area contributed by atoms with Gasteiger partial charge in [0.2, 0.25) is 0 Å². The number of aryl methyl sites for hydroxylation is 1. The second kappa shape index (κ2) is 7.62. The van der Waals surface area contributed by atoms with E-state index in [0.29, 0.717) is 23.5 Å². The summed E-state index contributed by atoms with van der Waals surface area (Å²) in [6.07, 6.45) is 4.55. The number of nitrogens with zero attached hydrogens (tertiary/aromatic N) is 4. The molecule has 6 atom stereocenters. The Morgan fingerprint density at radius 1 is 0.971 bits per heavy atom. The van der Waals surface area contributed by atoms with Crippen LogP contribution < -0.4 is 11.5 Å². The van der Waals surface area contributed by atoms with Crippen molar-refractivity contribution in [2.75, 3.05) is 11.5 Å². The van der Waals surface area contributed by atoms with Crippen molar-refractivity contribution in [3.05, 3.63) is 51.9 Å². The van der Waals surface area contributed by atoms with Crippen LogP contribution in [0.2, 0.25) is 0 Å². The van der Waals surface area contributed by atoms with Gasteiger partial charge in [-0.25, -0.2) is 15.0 Å². The summed E-state index contributed by atoms with van der Waals surface area (Å²) in [5, 5.41) is 24.3. The van der Waals surface area contributed by atoms with Gasteiger partial charge in [0, 0.05) is 11.1 Å². The number of pyridine rings is 1. The molecule has 0 amide bonds. The zero-order valence-corrected chi connectivity index (χ0v) is 20.7. The molecular weight excluding hydrogens is 508 g/mol. The van der Waals surface area contributed by atoms with Crippen LogP contribution in [0.5, 0.6) is 0 Å². The fourth-order valence-corrected chi connectivity index (χ4v) is 7.14. The van der Waals surface area contributed by atoms with Crippen molar-refractivity contribution in [2.24, 2.45) is 11.8 Å². The van der Waals surface area contributed by atoms with Crippen LogP contribution in [0, 0.1) is 11.8 Å². The van der Waals surface area contributed by atoms with E-state index in [1.54, 1.807) is 0 Å². The summed E-state index contributed by atoms with van der Waals surface area (Å²) in [5.74, 6) is 1.67. The first-order valence-corrected chi connectivity index (χ1v) is 13.1. The number of anilines is 2. The molecular formula is C26H27BrN6O2. The number of nitrogen functional groups attached to an aromatic ring is 2. The molecule has 4 aromatic rings. The lowest BCUT2D eigenvalue weighted by atomic mass is 9.95. The first-order chi connectivity index (χ1) is 16.9. The van der Waals surface area contributed by atoms with E-state index in [2.05, 4.69) is 53.6 Å². The average molecular weight is 535 g/mol. The Kier molecular flexibility index (Phi) is 4.69. The van der Waals surface area contributed by atoms with Gasteiger partial charge in [-0.3, -0.25) is 0 Å². The molecule has 3 aliphatic rings. The van der Waals surface area contributed by atoms with Gasteiger partial charge in [-0.1, -0.05) is 12.1 Å². The number of rotatable bonds is 3. The lowest BCUT2D eigenvalue weighted by molar-refractivity contribution is 0.00235. The van der Waals surface area contributed by atoms with E-state index in [9.17, 15) is 10.2 Å². The molecule has 2 saturated carbocycles. The maximum Gasteiger partial charge on any atom is 0.146 e. The van der Waals surface area contributed by atoms with E-state index in [0.717, 1.165) is 58.5 Å². The summed E-state index contributed by atoms with van der Waals surface area (Å²) in [6, 6.07) is 8.12. The maximum atomic E-state index is 11.2. The number of hydrogen-bond acceptors (Lipinski definition) is 7. The van der Waals surface area contributed by atoms with E-state index in [-0.39, 0.29) is 12.0 Å². The summed E-state index contributed by atoms with van der Waals surface area (Å²) >= 11 is 3.45. The molecule has 6 N–H and O–H groups in total. The highest BCUT2D eigenvalue weighted by atomic mass is 79.9. The van der Waals surface area contributed by atoms with Crippen molar-refractivity contribution in [1.29, 1.82) is 0 Å². The van der Waals surface area contributed by atoms with Crippen molar-refractivity contribution >= 4 is 49.5 Å². The number of hydrogen-bond donors (Lipinski definition) is 4. The zero-order chi connectivity index (χ0) is 24.0. The summed E-state index contributed by atoms with van der Waals surface area (Å²) in [4.78, 5) is 13.3. The highest BCUT2D eigenvalue weighted by Gasteiger charge is 2.54. The van der Waals surface area contributed by atoms with E-state index < -0.39 is 12.2 Å². The van der Waals surface area contributed by atoms with Gasteiger partial charge < -0.3 is 26.2 Å². The Hall–Kier alpha value is -2.75. The van der Waals surface area contributed by atoms with Gasteiger partial charge in [0.1, 0.15) is 29.7 Å². The molecule has 0 spiro atoms. The normalized spacial score (nSPS) is 29.8. The number of aliphatic hydroxyl groups is 2. The fraction of sp³-hybridized carbons (Fsp3) is 0.423. The predicted molar refractivity (Wildman–Crippen MR) is 138 cm³/mol. The molecule has 9 heteroatoms. The molecule has 7 rings (SSSR count). The van der Waals surface area contributed by atoms with E-state index in [1.807, 2.05) is 6.07 Å². The molecule has 0 saturated heterocycles. The molecule has 3 aliphatic carbocycles. The molecule has 1 unspecified atom stereocenters. The number of benzene rings is 1. The smallest absolute Gasteiger partial charge is 0.146 e. The van der Waals surface area contributed by atoms with Gasteiger partial charge in [-0.05, 0) is 89.0 Å². The molecule has 35 heavy (non-hydrogen) atoms. The van der Waals surface area contributed by atoms with Crippen LogP contribution in [0.3, 0.4) is 0 Å². The standard InChI is InChI=1S/C26H27BrN6O2/c27-17-6-12-5-4-11(7-18(12)32-24(17)28)14-8-15(14)16-9-20(23(35)22(16)34)33-19-3-1-2-13(19)21-25(29)30-10-31-26(21)33/h4-7,10,14-16,20,22-23,34-35H,1-3,8-9H2,(H2,28,32)(H2,29,30,31)/t14?,15-,16-,20-,22-,23+/m1/s1. The number of nitrogens with two attached hydrogens (primary N) is 2. The Bertz CT molecular complexity index is 1500. The molecule has 1 aromatic carbocycles. The van der Waals surface area contributed by atoms with Crippen molar-refractivity contribution in [2.45, 2.75) is 56.3 Å². The van der Waals surface area contributed by atoms with Crippen molar-refractivity contribution in [3.8, 4) is 0 Å². The van der Waals surface area contributed by atoms with Gasteiger partial charge in [-0.15, -0.1) is 0 Å². The number of halogens is 1. The molecule has 3 heterocycles. The highest BCUT2D eigenvalue weighted by Crippen LogP contribution is 2.58. The Morgan fingerprint density at radius 2 is 1.83 bits per heavy atom. The minimum absolute atomic E-state index is 0.0207. The SMILES string of the molecule is Nc1nc2cc(C3C[C@H]3[C@H]3C[C@@H](n4c5c(c6c(N)ncnc64)CCC5)[C@H](O)[C@@H]3O)ccc2cc1Br. The monoisotopic (exact) mass is 534 g/mol. The summed E-state index contributed by atoms with van der Waals surface area (Å²) in [5.41, 5.74) is 17.5. The third kappa shape index (κ3) is 3.14. The molecule has 2 fully saturated rings. The zero-order valence-electron chi connectivity index (χ0n) is 19.1. The van der Waals surface area contributed by atoms with E-state index >= 15 is 0 Å². The van der Waals surface area contributed by atoms with Crippen LogP contribution in [0.4, 0.5) is 11.6 Å². The summed E-state index contributed by atoms with van der Waals surface area (Å²) in [6.45, 7) is 0. The second-order valence-corrected chi connectivity index (χ2v) is 11.2. The number of aromatic nitrogens is 4. The Labute approximate surface area is 210 Å². The van der Waals surface area contributed by atoms with Crippen LogP contribution in [-0.2, 0) is 12.8 Å². The van der Waals surface area contributed by atoms with Crippen LogP contribution in [0.1, 0.15) is 48.0 Å². The van der Waals surface area contributed by atoms with Gasteiger partial charge in [0.15, 0.2) is 0 Å². The van der Waals surface area contributed by atoms with Gasteiger partial charge in [-0.2, -0.15) is 0 Å². The highest BCUT2D eigenvalue weighted by molar-refractivity contribution is 9.10. The summed E-state index contributed by atoms with van der Waals surface area (Å²) in [7, 11) is 0. The summed E-state index contributed by atoms with van der Waals surface area (Å²) < 4.78 is 2.97. The Balaban J connectivity index is 1.20. The lowest BCUT2D eigenvalue weighted by Crippen LogP contribution is -2.30.